The number of methoxy groups -OCH3 is 2. The Balaban J connectivity index is 2.48. The summed E-state index contributed by atoms with van der Waals surface area (Å²) in [5.74, 6) is -1.51. The lowest BCUT2D eigenvalue weighted by Gasteiger charge is -2.26. The van der Waals surface area contributed by atoms with Gasteiger partial charge in [0.05, 0.1) is 14.2 Å². The topological polar surface area (TPSA) is 69.7 Å². The quantitative estimate of drug-likeness (QED) is 0.452. The summed E-state index contributed by atoms with van der Waals surface area (Å²) in [5.41, 5.74) is 1.02. The third-order valence-electron chi connectivity index (χ3n) is 5.34. The number of carbonyl (C=O) groups is 3. The van der Waals surface area contributed by atoms with Crippen LogP contribution in [0.3, 0.4) is 0 Å². The van der Waals surface area contributed by atoms with Crippen LogP contribution in [0, 0.1) is 23.2 Å². The van der Waals surface area contributed by atoms with E-state index in [-0.39, 0.29) is 36.4 Å². The number of ether oxygens (including phenoxy) is 2. The Kier molecular flexibility index (Phi) is 4.51. The molecule has 5 nitrogen and oxygen atoms in total. The lowest BCUT2D eigenvalue weighted by atomic mass is 9.77. The summed E-state index contributed by atoms with van der Waals surface area (Å²) in [4.78, 5) is 37.2. The van der Waals surface area contributed by atoms with Gasteiger partial charge < -0.3 is 9.47 Å². The van der Waals surface area contributed by atoms with Crippen molar-refractivity contribution in [3.63, 3.8) is 0 Å². The highest BCUT2D eigenvalue weighted by Gasteiger charge is 2.60. The number of ketones is 1. The molecule has 2 rings (SSSR count). The van der Waals surface area contributed by atoms with Gasteiger partial charge in [-0.3, -0.25) is 14.4 Å². The van der Waals surface area contributed by atoms with E-state index < -0.39 is 17.4 Å². The summed E-state index contributed by atoms with van der Waals surface area (Å²) in [6.07, 6.45) is 0.428. The van der Waals surface area contributed by atoms with E-state index in [4.69, 9.17) is 9.47 Å². The van der Waals surface area contributed by atoms with Crippen LogP contribution in [0.5, 0.6) is 0 Å². The van der Waals surface area contributed by atoms with Crippen molar-refractivity contribution >= 4 is 17.7 Å². The summed E-state index contributed by atoms with van der Waals surface area (Å²) in [6, 6.07) is 0. The maximum absolute atomic E-state index is 12.6. The van der Waals surface area contributed by atoms with Crippen LogP contribution in [0.1, 0.15) is 33.6 Å². The fourth-order valence-corrected chi connectivity index (χ4v) is 3.90. The first kappa shape index (κ1) is 17.4. The lowest BCUT2D eigenvalue weighted by Crippen LogP contribution is -2.40. The van der Waals surface area contributed by atoms with Gasteiger partial charge in [0.25, 0.3) is 0 Å². The Morgan fingerprint density at radius 2 is 1.74 bits per heavy atom. The molecule has 0 aliphatic heterocycles. The van der Waals surface area contributed by atoms with Crippen molar-refractivity contribution in [1.82, 2.24) is 0 Å². The molecule has 0 saturated heterocycles. The minimum absolute atomic E-state index is 0.0621. The van der Waals surface area contributed by atoms with Gasteiger partial charge in [0.2, 0.25) is 0 Å². The maximum atomic E-state index is 12.6. The largest absolute Gasteiger partial charge is 0.468 e. The van der Waals surface area contributed by atoms with E-state index >= 15 is 0 Å². The Bertz CT molecular complexity index is 595. The van der Waals surface area contributed by atoms with Crippen molar-refractivity contribution in [3.8, 4) is 0 Å². The maximum Gasteiger partial charge on any atom is 0.323 e. The average Bonchev–Trinajstić information content (AvgIpc) is 3.02. The van der Waals surface area contributed by atoms with Crippen molar-refractivity contribution in [1.29, 1.82) is 0 Å². The summed E-state index contributed by atoms with van der Waals surface area (Å²) < 4.78 is 9.72. The zero-order valence-corrected chi connectivity index (χ0v) is 14.4. The van der Waals surface area contributed by atoms with Gasteiger partial charge in [-0.25, -0.2) is 0 Å². The molecule has 0 aromatic heterocycles. The first-order valence-electron chi connectivity index (χ1n) is 7.80. The van der Waals surface area contributed by atoms with Crippen LogP contribution in [0.25, 0.3) is 0 Å². The smallest absolute Gasteiger partial charge is 0.323 e. The van der Waals surface area contributed by atoms with E-state index in [1.165, 1.54) is 14.2 Å². The van der Waals surface area contributed by atoms with Crippen LogP contribution in [0.15, 0.2) is 23.3 Å². The molecule has 0 amide bonds. The second-order valence-electron chi connectivity index (χ2n) is 6.77. The van der Waals surface area contributed by atoms with Crippen LogP contribution in [0.4, 0.5) is 0 Å². The summed E-state index contributed by atoms with van der Waals surface area (Å²) in [5, 5.41) is 0. The monoisotopic (exact) mass is 320 g/mol. The predicted octanol–water partition coefficient (Wildman–Crippen LogP) is 2.46. The number of carbonyl (C=O) groups excluding carboxylic acids is 3. The molecule has 1 fully saturated rings. The second-order valence-corrected chi connectivity index (χ2v) is 6.77. The number of allylic oxidation sites excluding steroid dienone is 3. The molecule has 0 N–H and O–H groups in total. The predicted molar refractivity (Wildman–Crippen MR) is 84.4 cm³/mol. The van der Waals surface area contributed by atoms with Gasteiger partial charge >= 0.3 is 11.9 Å². The fraction of sp³-hybridized carbons (Fsp3) is 0.611. The van der Waals surface area contributed by atoms with E-state index in [1.54, 1.807) is 6.92 Å². The highest BCUT2D eigenvalue weighted by Crippen LogP contribution is 2.56. The van der Waals surface area contributed by atoms with Gasteiger partial charge in [0.1, 0.15) is 0 Å². The van der Waals surface area contributed by atoms with Gasteiger partial charge in [0.15, 0.2) is 11.2 Å². The molecule has 2 atom stereocenters. The molecule has 126 valence electrons. The third-order valence-corrected chi connectivity index (χ3v) is 5.34. The molecule has 0 aromatic carbocycles. The first-order valence-corrected chi connectivity index (χ1v) is 7.80. The highest BCUT2D eigenvalue weighted by atomic mass is 16.5. The zero-order valence-electron chi connectivity index (χ0n) is 14.4. The number of hydrogen-bond donors (Lipinski definition) is 0. The van der Waals surface area contributed by atoms with Gasteiger partial charge in [-0.05, 0) is 37.2 Å². The van der Waals surface area contributed by atoms with Gasteiger partial charge in [-0.15, -0.1) is 0 Å². The van der Waals surface area contributed by atoms with E-state index in [2.05, 4.69) is 6.58 Å². The molecule has 23 heavy (non-hydrogen) atoms. The molecular formula is C18H24O5. The molecule has 0 heterocycles. The Morgan fingerprint density at radius 3 is 2.17 bits per heavy atom. The van der Waals surface area contributed by atoms with Crippen molar-refractivity contribution in [2.24, 2.45) is 23.2 Å². The normalized spacial score (nSPS) is 25.6. The number of fused-ring (bicyclic) bond motifs is 1. The zero-order chi connectivity index (χ0) is 17.5. The highest BCUT2D eigenvalue weighted by molar-refractivity contribution is 6.06. The first-order chi connectivity index (χ1) is 10.7. The van der Waals surface area contributed by atoms with E-state index in [1.807, 2.05) is 13.8 Å². The molecule has 0 radical (unpaired) electrons. The van der Waals surface area contributed by atoms with Crippen molar-refractivity contribution in [2.75, 3.05) is 14.2 Å². The van der Waals surface area contributed by atoms with Crippen molar-refractivity contribution in [2.45, 2.75) is 33.6 Å². The molecule has 1 saturated carbocycles. The number of hydrogen-bond acceptors (Lipinski definition) is 5. The van der Waals surface area contributed by atoms with Crippen LogP contribution in [-0.4, -0.2) is 31.9 Å². The Morgan fingerprint density at radius 1 is 1.22 bits per heavy atom. The fourth-order valence-electron chi connectivity index (χ4n) is 3.90. The van der Waals surface area contributed by atoms with Crippen molar-refractivity contribution in [3.05, 3.63) is 23.3 Å². The van der Waals surface area contributed by atoms with Crippen LogP contribution >= 0.6 is 0 Å². The standard InChI is InChI=1S/C18H24O5/c1-9(2)10(3)14-13-8-18(16(20)22-5,17(21)23-6)7-12(13)11(4)15(14)19/h9,13-14H,3,7-8H2,1-2,4-6H3/t13-,14+/m1/s1. The van der Waals surface area contributed by atoms with E-state index in [0.717, 1.165) is 11.1 Å². The molecule has 2 aliphatic rings. The third kappa shape index (κ3) is 2.42. The summed E-state index contributed by atoms with van der Waals surface area (Å²) >= 11 is 0. The lowest BCUT2D eigenvalue weighted by molar-refractivity contribution is -0.169. The summed E-state index contributed by atoms with van der Waals surface area (Å²) in [6.45, 7) is 9.83. The minimum Gasteiger partial charge on any atom is -0.468 e. The molecule has 0 spiro atoms. The number of rotatable bonds is 4. The Hall–Kier alpha value is -1.91. The molecule has 0 unspecified atom stereocenters. The van der Waals surface area contributed by atoms with Crippen LogP contribution in [0.2, 0.25) is 0 Å². The Labute approximate surface area is 136 Å². The summed E-state index contributed by atoms with van der Waals surface area (Å²) in [7, 11) is 2.52. The molecule has 0 bridgehead atoms. The number of Topliss-reactive ketones (excluding diaryl/α,β-unsaturated/α-hetero) is 1. The van der Waals surface area contributed by atoms with Crippen LogP contribution < -0.4 is 0 Å². The SMILES string of the molecule is C=C(C(C)C)[C@@H]1C(=O)C(C)=C2CC(C(=O)OC)(C(=O)OC)C[C@H]21. The molecule has 2 aliphatic carbocycles. The molecule has 5 heteroatoms. The molecular weight excluding hydrogens is 296 g/mol. The molecule has 0 aromatic rings. The van der Waals surface area contributed by atoms with Crippen LogP contribution in [-0.2, 0) is 23.9 Å². The van der Waals surface area contributed by atoms with Gasteiger partial charge in [-0.2, -0.15) is 0 Å². The van der Waals surface area contributed by atoms with Gasteiger partial charge in [0, 0.05) is 5.92 Å². The van der Waals surface area contributed by atoms with E-state index in [9.17, 15) is 14.4 Å². The average molecular weight is 320 g/mol. The minimum atomic E-state index is -1.35. The second kappa shape index (κ2) is 5.95. The van der Waals surface area contributed by atoms with Gasteiger partial charge in [-0.1, -0.05) is 31.6 Å². The number of esters is 2. The van der Waals surface area contributed by atoms with Crippen molar-refractivity contribution < 1.29 is 23.9 Å². The van der Waals surface area contributed by atoms with E-state index in [0.29, 0.717) is 5.57 Å².